The lowest BCUT2D eigenvalue weighted by atomic mass is 9.83. The summed E-state index contributed by atoms with van der Waals surface area (Å²) in [5.74, 6) is 1.81. The lowest BCUT2D eigenvalue weighted by Crippen LogP contribution is -2.38. The summed E-state index contributed by atoms with van der Waals surface area (Å²) in [7, 11) is 0. The summed E-state index contributed by atoms with van der Waals surface area (Å²) in [6.07, 6.45) is 7.62. The molecule has 0 aromatic heterocycles. The van der Waals surface area contributed by atoms with Gasteiger partial charge in [-0.1, -0.05) is 40.0 Å². The Balaban J connectivity index is 1.87. The van der Waals surface area contributed by atoms with Gasteiger partial charge in [-0.3, -0.25) is 10.1 Å². The zero-order valence-corrected chi connectivity index (χ0v) is 12.1. The van der Waals surface area contributed by atoms with Crippen molar-refractivity contribution in [2.45, 2.75) is 71.5 Å². The maximum atomic E-state index is 12.4. The highest BCUT2D eigenvalue weighted by Gasteiger charge is 2.37. The zero-order chi connectivity index (χ0) is 13.1. The summed E-state index contributed by atoms with van der Waals surface area (Å²) >= 11 is 0. The number of carbonyl (C=O) groups is 1. The minimum absolute atomic E-state index is 0.0661. The summed E-state index contributed by atoms with van der Waals surface area (Å²) < 4.78 is 0. The van der Waals surface area contributed by atoms with E-state index < -0.39 is 0 Å². The van der Waals surface area contributed by atoms with E-state index in [9.17, 15) is 4.79 Å². The first-order valence-electron chi connectivity index (χ1n) is 7.68. The monoisotopic (exact) mass is 252 g/mol. The van der Waals surface area contributed by atoms with E-state index in [-0.39, 0.29) is 12.2 Å². The Kier molecular flexibility index (Phi) is 4.66. The van der Waals surface area contributed by atoms with Gasteiger partial charge in [0, 0.05) is 6.54 Å². The van der Waals surface area contributed by atoms with Crippen LogP contribution in [-0.4, -0.2) is 29.6 Å². The number of carbonyl (C=O) groups excluding carboxylic acids is 1. The van der Waals surface area contributed by atoms with Crippen molar-refractivity contribution in [2.75, 3.05) is 6.54 Å². The second kappa shape index (κ2) is 6.05. The van der Waals surface area contributed by atoms with Crippen molar-refractivity contribution in [3.05, 3.63) is 0 Å². The number of nitrogens with one attached hydrogen (secondary N) is 1. The molecule has 1 amide bonds. The van der Waals surface area contributed by atoms with Crippen LogP contribution in [0.15, 0.2) is 0 Å². The van der Waals surface area contributed by atoms with Crippen molar-refractivity contribution in [1.29, 1.82) is 0 Å². The third-order valence-corrected chi connectivity index (χ3v) is 4.45. The predicted molar refractivity (Wildman–Crippen MR) is 74.1 cm³/mol. The van der Waals surface area contributed by atoms with Crippen molar-refractivity contribution >= 4 is 5.91 Å². The van der Waals surface area contributed by atoms with Crippen LogP contribution in [0.3, 0.4) is 0 Å². The van der Waals surface area contributed by atoms with E-state index in [2.05, 4.69) is 31.0 Å². The second-order valence-corrected chi connectivity index (χ2v) is 6.39. The molecule has 1 heterocycles. The van der Waals surface area contributed by atoms with Crippen LogP contribution in [0.1, 0.15) is 59.3 Å². The van der Waals surface area contributed by atoms with Gasteiger partial charge in [-0.05, 0) is 31.1 Å². The average molecular weight is 252 g/mol. The molecule has 104 valence electrons. The smallest absolute Gasteiger partial charge is 0.241 e. The van der Waals surface area contributed by atoms with Crippen LogP contribution in [0.25, 0.3) is 0 Å². The van der Waals surface area contributed by atoms with Crippen molar-refractivity contribution in [1.82, 2.24) is 10.2 Å². The second-order valence-electron chi connectivity index (χ2n) is 6.39. The molecule has 3 nitrogen and oxygen atoms in total. The summed E-state index contributed by atoms with van der Waals surface area (Å²) in [6, 6.07) is 0.0661. The molecule has 1 aliphatic carbocycles. The minimum Gasteiger partial charge on any atom is -0.326 e. The lowest BCUT2D eigenvalue weighted by Gasteiger charge is -2.29. The number of hydrogen-bond acceptors (Lipinski definition) is 2. The molecule has 2 atom stereocenters. The van der Waals surface area contributed by atoms with E-state index in [0.717, 1.165) is 25.3 Å². The van der Waals surface area contributed by atoms with Crippen LogP contribution in [0.4, 0.5) is 0 Å². The summed E-state index contributed by atoms with van der Waals surface area (Å²) in [5.41, 5.74) is 0. The van der Waals surface area contributed by atoms with Gasteiger partial charge >= 0.3 is 0 Å². The quantitative estimate of drug-likeness (QED) is 0.788. The molecule has 3 heteroatoms. The van der Waals surface area contributed by atoms with Crippen LogP contribution in [-0.2, 0) is 4.79 Å². The fourth-order valence-corrected chi connectivity index (χ4v) is 3.09. The Morgan fingerprint density at radius 2 is 2.11 bits per heavy atom. The molecule has 2 fully saturated rings. The fourth-order valence-electron chi connectivity index (χ4n) is 3.09. The van der Waals surface area contributed by atoms with Crippen molar-refractivity contribution in [3.8, 4) is 0 Å². The summed E-state index contributed by atoms with van der Waals surface area (Å²) in [4.78, 5) is 14.5. The maximum absolute atomic E-state index is 12.4. The Morgan fingerprint density at radius 3 is 2.61 bits per heavy atom. The minimum atomic E-state index is 0.0661. The van der Waals surface area contributed by atoms with Crippen molar-refractivity contribution in [3.63, 3.8) is 0 Å². The largest absolute Gasteiger partial charge is 0.326 e. The molecular weight excluding hydrogens is 224 g/mol. The van der Waals surface area contributed by atoms with Gasteiger partial charge in [0.05, 0.1) is 12.2 Å². The third kappa shape index (κ3) is 3.05. The lowest BCUT2D eigenvalue weighted by molar-refractivity contribution is -0.130. The van der Waals surface area contributed by atoms with Crippen LogP contribution >= 0.6 is 0 Å². The normalized spacial score (nSPS) is 29.1. The molecule has 1 saturated carbocycles. The Morgan fingerprint density at radius 1 is 1.39 bits per heavy atom. The first-order valence-corrected chi connectivity index (χ1v) is 7.68. The Labute approximate surface area is 111 Å². The van der Waals surface area contributed by atoms with E-state index in [1.54, 1.807) is 0 Å². The van der Waals surface area contributed by atoms with Gasteiger partial charge in [-0.15, -0.1) is 0 Å². The number of nitrogens with zero attached hydrogens (tertiary/aromatic N) is 1. The molecule has 1 saturated heterocycles. The zero-order valence-electron chi connectivity index (χ0n) is 12.1. The molecule has 18 heavy (non-hydrogen) atoms. The molecule has 0 radical (unpaired) electrons. The highest BCUT2D eigenvalue weighted by molar-refractivity contribution is 5.84. The topological polar surface area (TPSA) is 32.3 Å². The molecule has 0 bridgehead atoms. The predicted octanol–water partition coefficient (Wildman–Crippen LogP) is 2.76. The van der Waals surface area contributed by atoms with Gasteiger partial charge in [0.1, 0.15) is 0 Å². The maximum Gasteiger partial charge on any atom is 0.241 e. The van der Waals surface area contributed by atoms with Gasteiger partial charge in [0.15, 0.2) is 0 Å². The van der Waals surface area contributed by atoms with Crippen molar-refractivity contribution < 1.29 is 4.79 Å². The average Bonchev–Trinajstić information content (AvgIpc) is 2.54. The highest BCUT2D eigenvalue weighted by Crippen LogP contribution is 2.30. The molecule has 0 aromatic carbocycles. The van der Waals surface area contributed by atoms with Crippen LogP contribution < -0.4 is 5.32 Å². The highest BCUT2D eigenvalue weighted by atomic mass is 16.2. The molecule has 2 unspecified atom stereocenters. The van der Waals surface area contributed by atoms with E-state index in [1.807, 2.05) is 0 Å². The summed E-state index contributed by atoms with van der Waals surface area (Å²) in [6.45, 7) is 7.50. The number of rotatable bonds is 6. The molecule has 2 rings (SSSR count). The van der Waals surface area contributed by atoms with Crippen LogP contribution in [0.2, 0.25) is 0 Å². The van der Waals surface area contributed by atoms with E-state index in [1.165, 1.54) is 25.7 Å². The van der Waals surface area contributed by atoms with Gasteiger partial charge in [-0.25, -0.2) is 0 Å². The number of amides is 1. The fraction of sp³-hybridized carbons (Fsp3) is 0.933. The molecule has 2 aliphatic rings. The van der Waals surface area contributed by atoms with E-state index in [4.69, 9.17) is 0 Å². The van der Waals surface area contributed by atoms with Gasteiger partial charge < -0.3 is 4.90 Å². The Hall–Kier alpha value is -0.570. The SMILES string of the molecule is CCC1NC(CC(C)C)C(=O)N1CCC1CCC1. The van der Waals surface area contributed by atoms with Gasteiger partial charge in [-0.2, -0.15) is 0 Å². The summed E-state index contributed by atoms with van der Waals surface area (Å²) in [5, 5.41) is 3.51. The number of hydrogen-bond donors (Lipinski definition) is 1. The molecular formula is C15H28N2O. The molecule has 1 aliphatic heterocycles. The third-order valence-electron chi connectivity index (χ3n) is 4.45. The first-order chi connectivity index (χ1) is 8.61. The van der Waals surface area contributed by atoms with Crippen molar-refractivity contribution in [2.24, 2.45) is 11.8 Å². The van der Waals surface area contributed by atoms with Gasteiger partial charge in [0.2, 0.25) is 5.91 Å². The first kappa shape index (κ1) is 13.9. The van der Waals surface area contributed by atoms with E-state index >= 15 is 0 Å². The van der Waals surface area contributed by atoms with E-state index in [0.29, 0.717) is 11.8 Å². The molecule has 0 aromatic rings. The van der Waals surface area contributed by atoms with Crippen LogP contribution in [0, 0.1) is 11.8 Å². The standard InChI is InChI=1S/C15H28N2O/c1-4-14-16-13(10-11(2)3)15(18)17(14)9-8-12-6-5-7-12/h11-14,16H,4-10H2,1-3H3. The molecule has 0 spiro atoms. The Bertz CT molecular complexity index is 286. The van der Waals surface area contributed by atoms with Gasteiger partial charge in [0.25, 0.3) is 0 Å². The van der Waals surface area contributed by atoms with Crippen LogP contribution in [0.5, 0.6) is 0 Å². The molecule has 1 N–H and O–H groups in total.